The van der Waals surface area contributed by atoms with E-state index in [1.165, 1.54) is 6.07 Å². The van der Waals surface area contributed by atoms with Gasteiger partial charge in [-0.25, -0.2) is 0 Å². The van der Waals surface area contributed by atoms with Crippen molar-refractivity contribution in [1.29, 1.82) is 0 Å². The molecule has 0 amide bonds. The van der Waals surface area contributed by atoms with E-state index in [0.29, 0.717) is 7.11 Å². The Balaban J connectivity index is 3.67. The van der Waals surface area contributed by atoms with E-state index in [4.69, 9.17) is 0 Å². The van der Waals surface area contributed by atoms with Gasteiger partial charge in [0.05, 0.1) is 0 Å². The molecule has 0 radical (unpaired) electrons. The van der Waals surface area contributed by atoms with Crippen LogP contribution in [-0.2, 0) is 15.7 Å². The van der Waals surface area contributed by atoms with E-state index in [9.17, 15) is 83.1 Å². The Hall–Kier alpha value is -1.37. The van der Waals surface area contributed by atoms with Gasteiger partial charge in [0, 0.05) is 0 Å². The number of alkyl halides is 17. The van der Waals surface area contributed by atoms with Crippen molar-refractivity contribution in [2.45, 2.75) is 47.0 Å². The molecule has 0 aliphatic heterocycles. The summed E-state index contributed by atoms with van der Waals surface area (Å²) in [4.78, 5) is 0. The van der Waals surface area contributed by atoms with Crippen molar-refractivity contribution in [2.24, 2.45) is 0 Å². The van der Waals surface area contributed by atoms with E-state index < -0.39 is 81.3 Å². The third-order valence-corrected chi connectivity index (χ3v) is 10.3. The number of halogens is 18. The summed E-state index contributed by atoms with van der Waals surface area (Å²) in [6, 6.07) is 4.95. The fourth-order valence-corrected chi connectivity index (χ4v) is 7.43. The van der Waals surface area contributed by atoms with Gasteiger partial charge in [-0.15, -0.1) is 0 Å². The summed E-state index contributed by atoms with van der Waals surface area (Å²) in [6.45, 7) is 0. The molecule has 0 saturated carbocycles. The topological polar surface area (TPSA) is 52.6 Å². The molecule has 23 heteroatoms. The fraction of sp³-hybridized carbons (Fsp3) is 0.600. The quantitative estimate of drug-likeness (QED) is 0.179. The van der Waals surface area contributed by atoms with Crippen molar-refractivity contribution < 1.29 is 88.6 Å². The van der Waals surface area contributed by atoms with Gasteiger partial charge in [0.2, 0.25) is 0 Å². The Bertz CT molecular complexity index is 1090. The molecule has 0 saturated heterocycles. The predicted molar refractivity (Wildman–Crippen MR) is 96.9 cm³/mol. The van der Waals surface area contributed by atoms with E-state index in [0.717, 1.165) is 24.3 Å². The SMILES string of the molecule is COI(OS(=O)(=O)C(F)(F)C(F)(F)C(F)(F)C(F)(F)C(F)(F)C(F)(F)C(F)(F)C(F)(F)F)c1ccccc1. The summed E-state index contributed by atoms with van der Waals surface area (Å²) in [6.07, 6.45) is -7.90. The molecule has 0 spiro atoms. The van der Waals surface area contributed by atoms with Crippen LogP contribution in [0.5, 0.6) is 0 Å². The average molecular weight is 734 g/mol. The molecule has 0 bridgehead atoms. The minimum absolute atomic E-state index is 0.496. The molecule has 1 rings (SSSR count). The molecule has 0 atom stereocenters. The van der Waals surface area contributed by atoms with Gasteiger partial charge in [-0.05, 0) is 0 Å². The third kappa shape index (κ3) is 4.88. The Labute approximate surface area is 207 Å². The molecule has 38 heavy (non-hydrogen) atoms. The van der Waals surface area contributed by atoms with Gasteiger partial charge in [0.15, 0.2) is 0 Å². The van der Waals surface area contributed by atoms with E-state index in [-0.39, 0.29) is 0 Å². The molecule has 0 heterocycles. The zero-order valence-corrected chi connectivity index (χ0v) is 20.2. The fourth-order valence-electron chi connectivity index (χ4n) is 2.09. The van der Waals surface area contributed by atoms with Crippen LogP contribution in [0.3, 0.4) is 0 Å². The van der Waals surface area contributed by atoms with Crippen LogP contribution in [-0.4, -0.2) is 62.5 Å². The summed E-state index contributed by atoms with van der Waals surface area (Å²) in [7, 11) is -7.17. The molecule has 0 fully saturated rings. The van der Waals surface area contributed by atoms with Crippen LogP contribution in [0, 0.1) is 3.57 Å². The second-order valence-corrected chi connectivity index (χ2v) is 12.6. The number of rotatable bonds is 11. The molecule has 0 aliphatic carbocycles. The zero-order chi connectivity index (χ0) is 30.6. The average Bonchev–Trinajstić information content (AvgIpc) is 2.76. The Morgan fingerprint density at radius 1 is 0.579 bits per heavy atom. The molecule has 0 unspecified atom stereocenters. The van der Waals surface area contributed by atoms with Gasteiger partial charge in [-0.3, -0.25) is 0 Å². The summed E-state index contributed by atoms with van der Waals surface area (Å²) >= 11 is -4.60. The number of hydrogen-bond acceptors (Lipinski definition) is 4. The van der Waals surface area contributed by atoms with Crippen LogP contribution in [0.25, 0.3) is 0 Å². The van der Waals surface area contributed by atoms with E-state index in [1.807, 2.05) is 0 Å². The van der Waals surface area contributed by atoms with Gasteiger partial charge in [0.25, 0.3) is 0 Å². The summed E-state index contributed by atoms with van der Waals surface area (Å²) in [5.41, 5.74) is 0. The van der Waals surface area contributed by atoms with E-state index in [2.05, 4.69) is 5.58 Å². The van der Waals surface area contributed by atoms with Crippen LogP contribution in [0.2, 0.25) is 0 Å². The first-order valence-electron chi connectivity index (χ1n) is 8.48. The van der Waals surface area contributed by atoms with Crippen molar-refractivity contribution in [1.82, 2.24) is 0 Å². The number of hydrogen-bond donors (Lipinski definition) is 0. The predicted octanol–water partition coefficient (Wildman–Crippen LogP) is 7.15. The molecule has 4 nitrogen and oxygen atoms in total. The van der Waals surface area contributed by atoms with Crippen molar-refractivity contribution >= 4 is 30.8 Å². The van der Waals surface area contributed by atoms with Crippen LogP contribution in [0.15, 0.2) is 30.3 Å². The van der Waals surface area contributed by atoms with Crippen molar-refractivity contribution in [3.05, 3.63) is 33.9 Å². The summed E-state index contributed by atoms with van der Waals surface area (Å²) in [5, 5.41) is -7.74. The second kappa shape index (κ2) is 9.92. The maximum atomic E-state index is 14.1. The molecular weight excluding hydrogens is 726 g/mol. The molecule has 0 aromatic heterocycles. The first-order valence-corrected chi connectivity index (χ1v) is 12.7. The molecular formula is C15H8F17IO4S. The molecule has 1 aromatic rings. The molecule has 1 aromatic carbocycles. The Kier molecular flexibility index (Phi) is 9.05. The second-order valence-electron chi connectivity index (χ2n) is 6.65. The van der Waals surface area contributed by atoms with Gasteiger partial charge in [-0.2, -0.15) is 0 Å². The monoisotopic (exact) mass is 734 g/mol. The molecule has 224 valence electrons. The normalized spacial score (nSPS) is 16.0. The molecule has 0 aliphatic rings. The van der Waals surface area contributed by atoms with Gasteiger partial charge in [0.1, 0.15) is 0 Å². The van der Waals surface area contributed by atoms with Crippen LogP contribution < -0.4 is 0 Å². The van der Waals surface area contributed by atoms with Crippen molar-refractivity contribution in [3.8, 4) is 0 Å². The van der Waals surface area contributed by atoms with E-state index in [1.54, 1.807) is 0 Å². The van der Waals surface area contributed by atoms with Crippen molar-refractivity contribution in [3.63, 3.8) is 0 Å². The van der Waals surface area contributed by atoms with Gasteiger partial charge < -0.3 is 0 Å². The molecule has 0 N–H and O–H groups in total. The summed E-state index contributed by atoms with van der Waals surface area (Å²) in [5.74, 6) is -52.0. The first kappa shape index (κ1) is 34.7. The van der Waals surface area contributed by atoms with Crippen LogP contribution in [0.4, 0.5) is 74.6 Å². The summed E-state index contributed by atoms with van der Waals surface area (Å²) < 4.78 is 257. The van der Waals surface area contributed by atoms with Crippen LogP contribution >= 0.6 is 20.6 Å². The zero-order valence-electron chi connectivity index (χ0n) is 17.2. The number of benzene rings is 1. The first-order chi connectivity index (χ1) is 16.5. The Morgan fingerprint density at radius 2 is 0.921 bits per heavy atom. The minimum atomic E-state index is -8.90. The Morgan fingerprint density at radius 3 is 1.26 bits per heavy atom. The standard InChI is InChI=1S/C15H8F17IO4S/c1-36-33(7-5-3-2-4-6-7)37-38(34,35)15(31,32)13(26,27)11(22,23)9(18,19)8(16,17)10(20,21)12(24,25)14(28,29)30/h2-6H,1H3. The van der Waals surface area contributed by atoms with E-state index >= 15 is 0 Å². The van der Waals surface area contributed by atoms with Gasteiger partial charge >= 0.3 is 207 Å². The third-order valence-electron chi connectivity index (χ3n) is 4.20. The maximum absolute atomic E-state index is 14.1. The van der Waals surface area contributed by atoms with Gasteiger partial charge in [-0.1, -0.05) is 0 Å². The van der Waals surface area contributed by atoms with Crippen LogP contribution in [0.1, 0.15) is 0 Å². The van der Waals surface area contributed by atoms with Crippen molar-refractivity contribution in [2.75, 3.05) is 7.11 Å².